The van der Waals surface area contributed by atoms with Crippen LogP contribution >= 0.6 is 15.9 Å². The van der Waals surface area contributed by atoms with E-state index in [0.717, 1.165) is 26.7 Å². The highest BCUT2D eigenvalue weighted by Gasteiger charge is 2.42. The van der Waals surface area contributed by atoms with E-state index in [9.17, 15) is 9.59 Å². The summed E-state index contributed by atoms with van der Waals surface area (Å²) >= 11 is 3.29. The molecule has 1 heterocycles. The first-order valence-corrected chi connectivity index (χ1v) is 9.51. The summed E-state index contributed by atoms with van der Waals surface area (Å²) in [6.07, 6.45) is 4.25. The smallest absolute Gasteiger partial charge is 0.222 e. The Morgan fingerprint density at radius 3 is 2.35 bits per heavy atom. The van der Waals surface area contributed by atoms with Crippen LogP contribution in [0.1, 0.15) is 41.0 Å². The fourth-order valence-electron chi connectivity index (χ4n) is 3.81. The number of rotatable bonds is 5. The molecule has 1 saturated carbocycles. The first-order chi connectivity index (χ1) is 12.4. The van der Waals surface area contributed by atoms with Crippen LogP contribution in [0.25, 0.3) is 0 Å². The molecule has 1 aliphatic rings. The van der Waals surface area contributed by atoms with E-state index < -0.39 is 5.92 Å². The maximum absolute atomic E-state index is 12.9. The zero-order valence-corrected chi connectivity index (χ0v) is 16.8. The molecule has 0 spiro atoms. The number of nitrogens with zero attached hydrogens (tertiary/aromatic N) is 2. The van der Waals surface area contributed by atoms with E-state index in [4.69, 9.17) is 0 Å². The lowest BCUT2D eigenvalue weighted by Gasteiger charge is -2.16. The maximum atomic E-state index is 12.9. The number of carbonyl (C=O) groups excluding carboxylic acids is 2. The van der Waals surface area contributed by atoms with Crippen molar-refractivity contribution in [2.24, 2.45) is 5.92 Å². The number of hydrogen-bond acceptors (Lipinski definition) is 5. The van der Waals surface area contributed by atoms with Gasteiger partial charge in [0.25, 0.3) is 0 Å². The fraction of sp³-hybridized carbons (Fsp3) is 0.400. The number of Topliss-reactive ketones (excluding diaryl/α,β-unsaturated/α-hetero) is 2. The highest BCUT2D eigenvalue weighted by Crippen LogP contribution is 2.37. The molecule has 6 heteroatoms. The van der Waals surface area contributed by atoms with Crippen molar-refractivity contribution in [1.82, 2.24) is 9.97 Å². The summed E-state index contributed by atoms with van der Waals surface area (Å²) in [6, 6.07) is 4.09. The fourth-order valence-corrected chi connectivity index (χ4v) is 4.02. The second kappa shape index (κ2) is 7.66. The van der Waals surface area contributed by atoms with Crippen molar-refractivity contribution in [3.63, 3.8) is 0 Å². The minimum atomic E-state index is -0.607. The Bertz CT molecular complexity index is 826. The minimum absolute atomic E-state index is 0.0370. The SMILES string of the molecule is Cc1cc(C)c(C2C(=O)CC(CCNc3ncc(Br)cn3)C2=O)c(C)c1. The van der Waals surface area contributed by atoms with Gasteiger partial charge in [0.05, 0.1) is 4.47 Å². The molecule has 136 valence electrons. The maximum Gasteiger partial charge on any atom is 0.222 e. The molecule has 1 fully saturated rings. The molecule has 1 aliphatic carbocycles. The van der Waals surface area contributed by atoms with Crippen molar-refractivity contribution in [1.29, 1.82) is 0 Å². The first kappa shape index (κ1) is 18.7. The quantitative estimate of drug-likeness (QED) is 0.749. The van der Waals surface area contributed by atoms with Crippen LogP contribution in [0.5, 0.6) is 0 Å². The molecule has 0 bridgehead atoms. The van der Waals surface area contributed by atoms with Crippen LogP contribution in [0.4, 0.5) is 5.95 Å². The Morgan fingerprint density at radius 1 is 1.12 bits per heavy atom. The van der Waals surface area contributed by atoms with Gasteiger partial charge < -0.3 is 5.32 Å². The van der Waals surface area contributed by atoms with Gasteiger partial charge in [-0.15, -0.1) is 0 Å². The number of aryl methyl sites for hydroxylation is 3. The van der Waals surface area contributed by atoms with E-state index in [1.54, 1.807) is 12.4 Å². The van der Waals surface area contributed by atoms with Gasteiger partial charge in [0.2, 0.25) is 5.95 Å². The summed E-state index contributed by atoms with van der Waals surface area (Å²) in [4.78, 5) is 33.8. The number of aromatic nitrogens is 2. The molecule has 2 unspecified atom stereocenters. The molecule has 1 N–H and O–H groups in total. The average Bonchev–Trinajstić information content (AvgIpc) is 2.84. The van der Waals surface area contributed by atoms with Gasteiger partial charge in [-0.1, -0.05) is 17.7 Å². The predicted molar refractivity (Wildman–Crippen MR) is 104 cm³/mol. The van der Waals surface area contributed by atoms with Crippen LogP contribution in [0.15, 0.2) is 29.0 Å². The zero-order valence-electron chi connectivity index (χ0n) is 15.2. The van der Waals surface area contributed by atoms with Gasteiger partial charge in [-0.2, -0.15) is 0 Å². The number of hydrogen-bond donors (Lipinski definition) is 1. The third-order valence-corrected chi connectivity index (χ3v) is 5.29. The van der Waals surface area contributed by atoms with Gasteiger partial charge in [-0.05, 0) is 59.8 Å². The molecular formula is C20H22BrN3O2. The first-order valence-electron chi connectivity index (χ1n) is 8.72. The van der Waals surface area contributed by atoms with Crippen LogP contribution < -0.4 is 5.32 Å². The highest BCUT2D eigenvalue weighted by molar-refractivity contribution is 9.10. The lowest BCUT2D eigenvalue weighted by atomic mass is 9.86. The van der Waals surface area contributed by atoms with Crippen LogP contribution in [0.2, 0.25) is 0 Å². The number of ketones is 2. The molecule has 1 aromatic heterocycles. The van der Waals surface area contributed by atoms with Gasteiger partial charge >= 0.3 is 0 Å². The summed E-state index contributed by atoms with van der Waals surface area (Å²) < 4.78 is 0.811. The van der Waals surface area contributed by atoms with Gasteiger partial charge in [0.1, 0.15) is 11.7 Å². The Hall–Kier alpha value is -2.08. The minimum Gasteiger partial charge on any atom is -0.354 e. The molecule has 3 rings (SSSR count). The lowest BCUT2D eigenvalue weighted by molar-refractivity contribution is -0.124. The van der Waals surface area contributed by atoms with Gasteiger partial charge in [0.15, 0.2) is 5.78 Å². The molecule has 26 heavy (non-hydrogen) atoms. The van der Waals surface area contributed by atoms with Crippen molar-refractivity contribution in [3.05, 3.63) is 51.3 Å². The number of carbonyl (C=O) groups is 2. The van der Waals surface area contributed by atoms with Gasteiger partial charge in [-0.3, -0.25) is 9.59 Å². The highest BCUT2D eigenvalue weighted by atomic mass is 79.9. The molecule has 0 saturated heterocycles. The Labute approximate surface area is 161 Å². The lowest BCUT2D eigenvalue weighted by Crippen LogP contribution is -2.19. The van der Waals surface area contributed by atoms with E-state index in [1.165, 1.54) is 0 Å². The Balaban J connectivity index is 1.68. The molecule has 5 nitrogen and oxygen atoms in total. The molecular weight excluding hydrogens is 394 g/mol. The second-order valence-electron chi connectivity index (χ2n) is 6.96. The van der Waals surface area contributed by atoms with Crippen molar-refractivity contribution in [2.45, 2.75) is 39.5 Å². The third-order valence-electron chi connectivity index (χ3n) is 4.88. The number of nitrogens with one attached hydrogen (secondary N) is 1. The van der Waals surface area contributed by atoms with E-state index in [-0.39, 0.29) is 17.5 Å². The summed E-state index contributed by atoms with van der Waals surface area (Å²) in [5.74, 6) is -0.245. The normalized spacial score (nSPS) is 19.8. The topological polar surface area (TPSA) is 72.0 Å². The van der Waals surface area contributed by atoms with Crippen molar-refractivity contribution < 1.29 is 9.59 Å². The van der Waals surface area contributed by atoms with Crippen molar-refractivity contribution >= 4 is 33.4 Å². The Kier molecular flexibility index (Phi) is 5.51. The summed E-state index contributed by atoms with van der Waals surface area (Å²) in [7, 11) is 0. The summed E-state index contributed by atoms with van der Waals surface area (Å²) in [5.41, 5.74) is 4.10. The molecule has 0 radical (unpaired) electrons. The number of halogens is 1. The molecule has 2 aromatic rings. The predicted octanol–water partition coefficient (Wildman–Crippen LogP) is 3.91. The molecule has 0 aliphatic heterocycles. The second-order valence-corrected chi connectivity index (χ2v) is 7.87. The monoisotopic (exact) mass is 415 g/mol. The average molecular weight is 416 g/mol. The molecule has 2 atom stereocenters. The van der Waals surface area contributed by atoms with E-state index in [0.29, 0.717) is 25.3 Å². The van der Waals surface area contributed by atoms with Crippen LogP contribution in [0, 0.1) is 26.7 Å². The van der Waals surface area contributed by atoms with Gasteiger partial charge in [0, 0.05) is 31.3 Å². The summed E-state index contributed by atoms with van der Waals surface area (Å²) in [5, 5.41) is 3.11. The van der Waals surface area contributed by atoms with Crippen LogP contribution in [-0.2, 0) is 9.59 Å². The Morgan fingerprint density at radius 2 is 1.73 bits per heavy atom. The van der Waals surface area contributed by atoms with Crippen LogP contribution in [-0.4, -0.2) is 28.1 Å². The van der Waals surface area contributed by atoms with Gasteiger partial charge in [-0.25, -0.2) is 9.97 Å². The third kappa shape index (κ3) is 3.85. The number of benzene rings is 1. The van der Waals surface area contributed by atoms with E-state index >= 15 is 0 Å². The largest absolute Gasteiger partial charge is 0.354 e. The standard InChI is InChI=1S/C20H22BrN3O2/c1-11-6-12(2)17(13(3)7-11)18-16(25)8-14(19(18)26)4-5-22-20-23-9-15(21)10-24-20/h6-7,9-10,14,18H,4-5,8H2,1-3H3,(H,22,23,24). The van der Waals surface area contributed by atoms with Crippen molar-refractivity contribution in [3.8, 4) is 0 Å². The molecule has 1 aromatic carbocycles. The van der Waals surface area contributed by atoms with E-state index in [1.807, 2.05) is 32.9 Å². The zero-order chi connectivity index (χ0) is 18.8. The summed E-state index contributed by atoms with van der Waals surface area (Å²) in [6.45, 7) is 6.55. The van der Waals surface area contributed by atoms with Crippen LogP contribution in [0.3, 0.4) is 0 Å². The molecule has 0 amide bonds. The van der Waals surface area contributed by atoms with Crippen molar-refractivity contribution in [2.75, 3.05) is 11.9 Å². The van der Waals surface area contributed by atoms with E-state index in [2.05, 4.69) is 31.2 Å². The number of anilines is 1.